The average Bonchev–Trinajstić information content (AvgIpc) is 2.65. The molecule has 0 spiro atoms. The first kappa shape index (κ1) is 17.5. The summed E-state index contributed by atoms with van der Waals surface area (Å²) in [4.78, 5) is 24.1. The Morgan fingerprint density at radius 1 is 1.04 bits per heavy atom. The molecule has 1 aromatic heterocycles. The van der Waals surface area contributed by atoms with Crippen LogP contribution < -0.4 is 14.9 Å². The number of carboxylic acids is 1. The number of carboxylic acid groups (broad SMARTS) is 1. The van der Waals surface area contributed by atoms with Crippen LogP contribution in [0.3, 0.4) is 0 Å². The zero-order valence-corrected chi connectivity index (χ0v) is 14.6. The smallest absolute Gasteiger partial charge is 0.323 e. The molecule has 0 aliphatic rings. The second-order valence-electron chi connectivity index (χ2n) is 5.91. The first-order valence-corrected chi connectivity index (χ1v) is 8.06. The Bertz CT molecular complexity index is 1010. The van der Waals surface area contributed by atoms with Crippen molar-refractivity contribution in [2.45, 2.75) is 13.0 Å². The molecule has 0 saturated carbocycles. The highest BCUT2D eigenvalue weighted by Gasteiger charge is 2.12. The van der Waals surface area contributed by atoms with Crippen molar-refractivity contribution in [2.24, 2.45) is 0 Å². The number of hydrogen-bond donors (Lipinski definition) is 1. The summed E-state index contributed by atoms with van der Waals surface area (Å²) in [6, 6.07) is 12.5. The Morgan fingerprint density at radius 2 is 1.69 bits per heavy atom. The van der Waals surface area contributed by atoms with Crippen LogP contribution in [0.4, 0.5) is 0 Å². The molecular weight excluding hydrogens is 334 g/mol. The van der Waals surface area contributed by atoms with Crippen molar-refractivity contribution in [3.8, 4) is 11.5 Å². The maximum atomic E-state index is 12.9. The highest BCUT2D eigenvalue weighted by Crippen LogP contribution is 2.20. The number of pyridine rings is 1. The van der Waals surface area contributed by atoms with E-state index in [9.17, 15) is 14.7 Å². The van der Waals surface area contributed by atoms with Crippen molar-refractivity contribution in [3.05, 3.63) is 70.0 Å². The highest BCUT2D eigenvalue weighted by atomic mass is 16.5. The van der Waals surface area contributed by atoms with Gasteiger partial charge in [-0.25, -0.2) is 0 Å². The van der Waals surface area contributed by atoms with Gasteiger partial charge in [0.2, 0.25) is 0 Å². The fourth-order valence-electron chi connectivity index (χ4n) is 2.93. The molecule has 26 heavy (non-hydrogen) atoms. The molecule has 0 saturated heterocycles. The third-order valence-electron chi connectivity index (χ3n) is 4.22. The van der Waals surface area contributed by atoms with Gasteiger partial charge in [-0.3, -0.25) is 9.59 Å². The predicted octanol–water partition coefficient (Wildman–Crippen LogP) is 2.69. The zero-order valence-electron chi connectivity index (χ0n) is 14.6. The molecule has 1 N–H and O–H groups in total. The van der Waals surface area contributed by atoms with Gasteiger partial charge in [0.05, 0.1) is 19.7 Å². The molecule has 0 aliphatic heterocycles. The van der Waals surface area contributed by atoms with E-state index < -0.39 is 5.97 Å². The maximum absolute atomic E-state index is 12.9. The lowest BCUT2D eigenvalue weighted by molar-refractivity contribution is -0.137. The minimum absolute atomic E-state index is 0.128. The van der Waals surface area contributed by atoms with Gasteiger partial charge >= 0.3 is 5.97 Å². The van der Waals surface area contributed by atoms with Crippen molar-refractivity contribution in [1.29, 1.82) is 0 Å². The number of fused-ring (bicyclic) bond motifs is 1. The predicted molar refractivity (Wildman–Crippen MR) is 98.2 cm³/mol. The topological polar surface area (TPSA) is 77.8 Å². The molecule has 6 nitrogen and oxygen atoms in total. The lowest BCUT2D eigenvalue weighted by Gasteiger charge is -2.13. The van der Waals surface area contributed by atoms with Crippen LogP contribution in [-0.2, 0) is 17.8 Å². The third-order valence-corrected chi connectivity index (χ3v) is 4.22. The van der Waals surface area contributed by atoms with Crippen molar-refractivity contribution in [1.82, 2.24) is 4.57 Å². The summed E-state index contributed by atoms with van der Waals surface area (Å²) in [7, 11) is 3.12. The molecule has 0 fully saturated rings. The van der Waals surface area contributed by atoms with E-state index in [1.54, 1.807) is 36.1 Å². The number of aliphatic carboxylic acids is 1. The Balaban J connectivity index is 2.12. The van der Waals surface area contributed by atoms with Gasteiger partial charge < -0.3 is 19.1 Å². The molecule has 0 amide bonds. The number of methoxy groups -OCH3 is 2. The van der Waals surface area contributed by atoms with Gasteiger partial charge in [-0.1, -0.05) is 12.1 Å². The van der Waals surface area contributed by atoms with Crippen LogP contribution in [0.15, 0.2) is 53.5 Å². The Hall–Kier alpha value is -3.28. The second-order valence-corrected chi connectivity index (χ2v) is 5.91. The number of rotatable bonds is 6. The molecule has 3 rings (SSSR count). The van der Waals surface area contributed by atoms with Crippen molar-refractivity contribution in [3.63, 3.8) is 0 Å². The summed E-state index contributed by atoms with van der Waals surface area (Å²) in [6.45, 7) is -0.223. The monoisotopic (exact) mass is 353 g/mol. The molecule has 0 aliphatic carbocycles. The SMILES string of the molecule is COc1ccc(Cc2cn(CC(=O)O)c3ccc(OC)cc3c2=O)cc1. The Kier molecular flexibility index (Phi) is 4.93. The van der Waals surface area contributed by atoms with E-state index in [1.165, 1.54) is 7.11 Å². The fraction of sp³-hybridized carbons (Fsp3) is 0.200. The third kappa shape index (κ3) is 3.54. The van der Waals surface area contributed by atoms with Crippen LogP contribution in [-0.4, -0.2) is 29.9 Å². The fourth-order valence-corrected chi connectivity index (χ4v) is 2.93. The minimum atomic E-state index is -0.971. The van der Waals surface area contributed by atoms with Crippen LogP contribution in [0.25, 0.3) is 10.9 Å². The van der Waals surface area contributed by atoms with Crippen LogP contribution in [0.1, 0.15) is 11.1 Å². The van der Waals surface area contributed by atoms with E-state index in [-0.39, 0.29) is 12.0 Å². The number of carbonyl (C=O) groups is 1. The van der Waals surface area contributed by atoms with Crippen molar-refractivity contribution >= 4 is 16.9 Å². The molecule has 1 heterocycles. The van der Waals surface area contributed by atoms with E-state index in [4.69, 9.17) is 9.47 Å². The van der Waals surface area contributed by atoms with Gasteiger partial charge in [-0.05, 0) is 35.9 Å². The molecule has 0 radical (unpaired) electrons. The summed E-state index contributed by atoms with van der Waals surface area (Å²) in [5, 5.41) is 9.64. The van der Waals surface area contributed by atoms with Gasteiger partial charge in [-0.15, -0.1) is 0 Å². The van der Waals surface area contributed by atoms with E-state index in [2.05, 4.69) is 0 Å². The molecule has 134 valence electrons. The number of ether oxygens (including phenoxy) is 2. The highest BCUT2D eigenvalue weighted by molar-refractivity contribution is 5.82. The normalized spacial score (nSPS) is 10.7. The summed E-state index contributed by atoms with van der Waals surface area (Å²) < 4.78 is 11.9. The van der Waals surface area contributed by atoms with Crippen LogP contribution in [0.5, 0.6) is 11.5 Å². The maximum Gasteiger partial charge on any atom is 0.323 e. The van der Waals surface area contributed by atoms with E-state index in [1.807, 2.05) is 24.3 Å². The second kappa shape index (κ2) is 7.31. The van der Waals surface area contributed by atoms with Crippen molar-refractivity contribution < 1.29 is 19.4 Å². The molecular formula is C20H19NO5. The standard InChI is InChI=1S/C20H19NO5/c1-25-15-5-3-13(4-6-15)9-14-11-21(12-19(22)23)18-8-7-16(26-2)10-17(18)20(14)24/h3-8,10-11H,9,12H2,1-2H3,(H,22,23). The molecule has 0 unspecified atom stereocenters. The minimum Gasteiger partial charge on any atom is -0.497 e. The lowest BCUT2D eigenvalue weighted by Crippen LogP contribution is -2.18. The van der Waals surface area contributed by atoms with Gasteiger partial charge in [-0.2, -0.15) is 0 Å². The summed E-state index contributed by atoms with van der Waals surface area (Å²) in [5.41, 5.74) is 1.90. The number of benzene rings is 2. The summed E-state index contributed by atoms with van der Waals surface area (Å²) in [6.07, 6.45) is 2.02. The number of aromatic nitrogens is 1. The lowest BCUT2D eigenvalue weighted by atomic mass is 10.0. The quantitative estimate of drug-likeness (QED) is 0.737. The van der Waals surface area contributed by atoms with Crippen LogP contribution in [0.2, 0.25) is 0 Å². The molecule has 2 aromatic carbocycles. The summed E-state index contributed by atoms with van der Waals surface area (Å²) >= 11 is 0. The van der Waals surface area contributed by atoms with E-state index in [0.29, 0.717) is 28.6 Å². The van der Waals surface area contributed by atoms with Crippen LogP contribution >= 0.6 is 0 Å². The number of nitrogens with zero attached hydrogens (tertiary/aromatic N) is 1. The molecule has 0 atom stereocenters. The van der Waals surface area contributed by atoms with Crippen molar-refractivity contribution in [2.75, 3.05) is 14.2 Å². The van der Waals surface area contributed by atoms with Gasteiger partial charge in [0.25, 0.3) is 0 Å². The zero-order chi connectivity index (χ0) is 18.7. The van der Waals surface area contributed by atoms with Crippen LogP contribution in [0, 0.1) is 0 Å². The largest absolute Gasteiger partial charge is 0.497 e. The Morgan fingerprint density at radius 3 is 2.31 bits per heavy atom. The Labute approximate surface area is 150 Å². The van der Waals surface area contributed by atoms with Gasteiger partial charge in [0.15, 0.2) is 5.43 Å². The first-order valence-electron chi connectivity index (χ1n) is 8.06. The molecule has 0 bridgehead atoms. The van der Waals surface area contributed by atoms with E-state index >= 15 is 0 Å². The van der Waals surface area contributed by atoms with E-state index in [0.717, 1.165) is 11.3 Å². The van der Waals surface area contributed by atoms with Gasteiger partial charge in [0, 0.05) is 23.6 Å². The van der Waals surface area contributed by atoms with Gasteiger partial charge in [0.1, 0.15) is 18.0 Å². The first-order chi connectivity index (χ1) is 12.5. The summed E-state index contributed by atoms with van der Waals surface area (Å²) in [5.74, 6) is 0.319. The number of hydrogen-bond acceptors (Lipinski definition) is 4. The molecule has 3 aromatic rings. The molecule has 6 heteroatoms. The average molecular weight is 353 g/mol.